The number of furan rings is 1. The van der Waals surface area contributed by atoms with E-state index in [-0.39, 0.29) is 11.9 Å². The van der Waals surface area contributed by atoms with Crippen molar-refractivity contribution in [3.05, 3.63) is 34.0 Å². The molecule has 2 aromatic rings. The molecule has 5 heteroatoms. The van der Waals surface area contributed by atoms with Crippen molar-refractivity contribution in [3.8, 4) is 0 Å². The Morgan fingerprint density at radius 1 is 1.30 bits per heavy atom. The summed E-state index contributed by atoms with van der Waals surface area (Å²) in [6, 6.07) is 4.02. The van der Waals surface area contributed by atoms with Gasteiger partial charge in [0.25, 0.3) is 5.91 Å². The lowest BCUT2D eigenvalue weighted by molar-refractivity contribution is 0.0606. The van der Waals surface area contributed by atoms with Gasteiger partial charge in [0.05, 0.1) is 0 Å². The van der Waals surface area contributed by atoms with E-state index < -0.39 is 0 Å². The number of halogens is 1. The van der Waals surface area contributed by atoms with E-state index in [4.69, 9.17) is 16.0 Å². The van der Waals surface area contributed by atoms with Crippen LogP contribution in [0.3, 0.4) is 0 Å². The number of benzene rings is 1. The minimum Gasteiger partial charge on any atom is -0.451 e. The third-order valence-electron chi connectivity index (χ3n) is 5.40. The Balaban J connectivity index is 1.61. The van der Waals surface area contributed by atoms with Crippen molar-refractivity contribution in [2.45, 2.75) is 32.7 Å². The molecule has 1 atom stereocenters. The van der Waals surface area contributed by atoms with Crippen molar-refractivity contribution in [1.29, 1.82) is 0 Å². The van der Waals surface area contributed by atoms with Gasteiger partial charge < -0.3 is 14.6 Å². The molecule has 1 amide bonds. The van der Waals surface area contributed by atoms with Gasteiger partial charge >= 0.3 is 0 Å². The Bertz CT molecular complexity index is 775. The highest BCUT2D eigenvalue weighted by molar-refractivity contribution is 6.32. The standard InChI is InChI=1S/C18H21ClN2O2/c1-10-7-16-13(8-14(10)19)11(2)17(23-16)18(22)20-15-9-21-5-3-12(15)4-6-21/h7-8,12,15H,3-6,9H2,1-2H3,(H,20,22). The number of fused-ring (bicyclic) bond motifs is 4. The monoisotopic (exact) mass is 332 g/mol. The maximum absolute atomic E-state index is 12.7. The van der Waals surface area contributed by atoms with Gasteiger partial charge in [-0.15, -0.1) is 0 Å². The first kappa shape index (κ1) is 15.0. The molecule has 1 N–H and O–H groups in total. The van der Waals surface area contributed by atoms with Crippen molar-refractivity contribution in [2.24, 2.45) is 5.92 Å². The molecule has 3 fully saturated rings. The summed E-state index contributed by atoms with van der Waals surface area (Å²) in [6.07, 6.45) is 2.36. The lowest BCUT2D eigenvalue weighted by atomic mass is 9.84. The molecule has 0 radical (unpaired) electrons. The van der Waals surface area contributed by atoms with Gasteiger partial charge in [-0.1, -0.05) is 11.6 Å². The molecule has 1 unspecified atom stereocenters. The Hall–Kier alpha value is -1.52. The average Bonchev–Trinajstić information content (AvgIpc) is 2.86. The summed E-state index contributed by atoms with van der Waals surface area (Å²) in [7, 11) is 0. The highest BCUT2D eigenvalue weighted by atomic mass is 35.5. The van der Waals surface area contributed by atoms with Crippen molar-refractivity contribution >= 4 is 28.5 Å². The summed E-state index contributed by atoms with van der Waals surface area (Å²) in [5.41, 5.74) is 2.54. The molecular formula is C18H21ClN2O2. The maximum atomic E-state index is 12.7. The number of carbonyl (C=O) groups is 1. The molecule has 4 nitrogen and oxygen atoms in total. The summed E-state index contributed by atoms with van der Waals surface area (Å²) in [4.78, 5) is 15.1. The van der Waals surface area contributed by atoms with Gasteiger partial charge in [-0.05, 0) is 63.4 Å². The van der Waals surface area contributed by atoms with Gasteiger partial charge in [-0.25, -0.2) is 0 Å². The number of amides is 1. The Morgan fingerprint density at radius 3 is 2.70 bits per heavy atom. The van der Waals surface area contributed by atoms with E-state index in [0.717, 1.165) is 28.6 Å². The summed E-state index contributed by atoms with van der Waals surface area (Å²) >= 11 is 6.20. The fraction of sp³-hybridized carbons (Fsp3) is 0.500. The first-order chi connectivity index (χ1) is 11.0. The van der Waals surface area contributed by atoms with Crippen LogP contribution in [0, 0.1) is 19.8 Å². The molecule has 3 aliphatic heterocycles. The average molecular weight is 333 g/mol. The zero-order valence-electron chi connectivity index (χ0n) is 13.5. The number of nitrogens with one attached hydrogen (secondary N) is 1. The second-order valence-corrected chi connectivity index (χ2v) is 7.28. The van der Waals surface area contributed by atoms with Crippen LogP contribution < -0.4 is 5.32 Å². The predicted molar refractivity (Wildman–Crippen MR) is 91.1 cm³/mol. The minimum atomic E-state index is -0.105. The van der Waals surface area contributed by atoms with Crippen molar-refractivity contribution in [1.82, 2.24) is 10.2 Å². The number of aryl methyl sites for hydroxylation is 2. The molecule has 0 aliphatic carbocycles. The first-order valence-corrected chi connectivity index (χ1v) is 8.63. The van der Waals surface area contributed by atoms with Crippen molar-refractivity contribution in [2.75, 3.05) is 19.6 Å². The quantitative estimate of drug-likeness (QED) is 0.915. The molecule has 3 saturated heterocycles. The second kappa shape index (κ2) is 5.53. The van der Waals surface area contributed by atoms with Crippen LogP contribution in [0.15, 0.2) is 16.5 Å². The third kappa shape index (κ3) is 2.54. The van der Waals surface area contributed by atoms with Crippen LogP contribution in [-0.4, -0.2) is 36.5 Å². The van der Waals surface area contributed by atoms with Gasteiger partial charge in [-0.3, -0.25) is 4.79 Å². The largest absolute Gasteiger partial charge is 0.451 e. The zero-order chi connectivity index (χ0) is 16.1. The van der Waals surface area contributed by atoms with E-state index >= 15 is 0 Å². The maximum Gasteiger partial charge on any atom is 0.287 e. The SMILES string of the molecule is Cc1cc2oc(C(=O)NC3CN4CCC3CC4)c(C)c2cc1Cl. The lowest BCUT2D eigenvalue weighted by Crippen LogP contribution is -2.57. The summed E-state index contributed by atoms with van der Waals surface area (Å²) in [5, 5.41) is 4.81. The fourth-order valence-electron chi connectivity index (χ4n) is 3.92. The van der Waals surface area contributed by atoms with Gasteiger partial charge in [0.2, 0.25) is 0 Å². The van der Waals surface area contributed by atoms with Crippen LogP contribution in [0.2, 0.25) is 5.02 Å². The van der Waals surface area contributed by atoms with Crippen LogP contribution in [0.4, 0.5) is 0 Å². The molecule has 0 spiro atoms. The minimum absolute atomic E-state index is 0.105. The van der Waals surface area contributed by atoms with Gasteiger partial charge in [0.1, 0.15) is 5.58 Å². The number of carbonyl (C=O) groups excluding carboxylic acids is 1. The summed E-state index contributed by atoms with van der Waals surface area (Å²) < 4.78 is 5.83. The van der Waals surface area contributed by atoms with Crippen LogP contribution in [0.5, 0.6) is 0 Å². The van der Waals surface area contributed by atoms with E-state index in [9.17, 15) is 4.79 Å². The van der Waals surface area contributed by atoms with E-state index in [1.165, 1.54) is 25.9 Å². The summed E-state index contributed by atoms with van der Waals surface area (Å²) in [6.45, 7) is 7.15. The van der Waals surface area contributed by atoms with E-state index in [1.54, 1.807) is 0 Å². The third-order valence-corrected chi connectivity index (χ3v) is 5.80. The smallest absolute Gasteiger partial charge is 0.287 e. The van der Waals surface area contributed by atoms with Crippen LogP contribution >= 0.6 is 11.6 Å². The van der Waals surface area contributed by atoms with Crippen LogP contribution in [0.25, 0.3) is 11.0 Å². The van der Waals surface area contributed by atoms with E-state index in [1.807, 2.05) is 26.0 Å². The molecule has 1 aromatic heterocycles. The zero-order valence-corrected chi connectivity index (χ0v) is 14.2. The molecular weight excluding hydrogens is 312 g/mol. The highest BCUT2D eigenvalue weighted by Gasteiger charge is 2.35. The topological polar surface area (TPSA) is 45.5 Å². The molecule has 122 valence electrons. The van der Waals surface area contributed by atoms with Crippen LogP contribution in [0.1, 0.15) is 34.5 Å². The van der Waals surface area contributed by atoms with Gasteiger partial charge in [-0.2, -0.15) is 0 Å². The molecule has 1 aromatic carbocycles. The number of hydrogen-bond donors (Lipinski definition) is 1. The molecule has 5 rings (SSSR count). The fourth-order valence-corrected chi connectivity index (χ4v) is 4.08. The number of nitrogens with zero attached hydrogens (tertiary/aromatic N) is 1. The van der Waals surface area contributed by atoms with Gasteiger partial charge in [0, 0.05) is 28.6 Å². The molecule has 4 heterocycles. The highest BCUT2D eigenvalue weighted by Crippen LogP contribution is 2.31. The second-order valence-electron chi connectivity index (χ2n) is 6.87. The Labute approximate surface area is 140 Å². The van der Waals surface area contributed by atoms with E-state index in [2.05, 4.69) is 10.2 Å². The molecule has 3 aliphatic rings. The molecule has 23 heavy (non-hydrogen) atoms. The molecule has 2 bridgehead atoms. The number of hydrogen-bond acceptors (Lipinski definition) is 3. The summed E-state index contributed by atoms with van der Waals surface area (Å²) in [5.74, 6) is 0.912. The normalized spacial score (nSPS) is 26.7. The first-order valence-electron chi connectivity index (χ1n) is 8.25. The number of rotatable bonds is 2. The predicted octanol–water partition coefficient (Wildman–Crippen LogP) is 3.53. The number of piperidine rings is 3. The Kier molecular flexibility index (Phi) is 3.62. The Morgan fingerprint density at radius 2 is 2.04 bits per heavy atom. The molecule has 0 saturated carbocycles. The lowest BCUT2D eigenvalue weighted by Gasteiger charge is -2.44. The van der Waals surface area contributed by atoms with Crippen molar-refractivity contribution < 1.29 is 9.21 Å². The van der Waals surface area contributed by atoms with E-state index in [0.29, 0.717) is 16.7 Å². The van der Waals surface area contributed by atoms with Gasteiger partial charge in [0.15, 0.2) is 5.76 Å². The van der Waals surface area contributed by atoms with Crippen LogP contribution in [-0.2, 0) is 0 Å². The van der Waals surface area contributed by atoms with Crippen molar-refractivity contribution in [3.63, 3.8) is 0 Å².